The van der Waals surface area contributed by atoms with Crippen LogP contribution < -0.4 is 5.73 Å². The molecule has 0 aromatic heterocycles. The number of nitrogens with zero attached hydrogens (tertiary/aromatic N) is 1. The van der Waals surface area contributed by atoms with E-state index in [1.807, 2.05) is 0 Å². The number of imide groups is 1. The summed E-state index contributed by atoms with van der Waals surface area (Å²) >= 11 is 0. The SMILES string of the molecule is C=C(C)C(=O)N(CC(O)C(O)CN)C(=O)C(=C)C. The summed E-state index contributed by atoms with van der Waals surface area (Å²) in [6, 6.07) is 0. The summed E-state index contributed by atoms with van der Waals surface area (Å²) in [4.78, 5) is 24.4. The van der Waals surface area contributed by atoms with Crippen LogP contribution in [0.4, 0.5) is 0 Å². The number of carbonyl (C=O) groups is 2. The first-order valence-electron chi connectivity index (χ1n) is 5.45. The van der Waals surface area contributed by atoms with E-state index in [0.717, 1.165) is 4.90 Å². The minimum atomic E-state index is -1.30. The van der Waals surface area contributed by atoms with Crippen LogP contribution in [-0.4, -0.2) is 52.2 Å². The first-order chi connectivity index (χ1) is 8.22. The predicted molar refractivity (Wildman–Crippen MR) is 67.4 cm³/mol. The molecule has 0 rings (SSSR count). The van der Waals surface area contributed by atoms with E-state index in [1.165, 1.54) is 13.8 Å². The van der Waals surface area contributed by atoms with Gasteiger partial charge in [0, 0.05) is 17.7 Å². The van der Waals surface area contributed by atoms with Crippen molar-refractivity contribution in [3.8, 4) is 0 Å². The van der Waals surface area contributed by atoms with Gasteiger partial charge in [0.05, 0.1) is 18.8 Å². The second-order valence-corrected chi connectivity index (χ2v) is 4.15. The Morgan fingerprint density at radius 1 is 1.11 bits per heavy atom. The van der Waals surface area contributed by atoms with Crippen molar-refractivity contribution in [3.63, 3.8) is 0 Å². The number of rotatable bonds is 6. The van der Waals surface area contributed by atoms with Crippen molar-refractivity contribution >= 4 is 11.8 Å². The molecular formula is C12H20N2O4. The summed E-state index contributed by atoms with van der Waals surface area (Å²) in [6.45, 7) is 9.28. The van der Waals surface area contributed by atoms with E-state index in [1.54, 1.807) is 0 Å². The largest absolute Gasteiger partial charge is 0.389 e. The molecule has 0 aliphatic carbocycles. The van der Waals surface area contributed by atoms with Crippen LogP contribution >= 0.6 is 0 Å². The average Bonchev–Trinajstić information content (AvgIpc) is 2.32. The zero-order valence-corrected chi connectivity index (χ0v) is 10.7. The Bertz CT molecular complexity index is 339. The summed E-state index contributed by atoms with van der Waals surface area (Å²) < 4.78 is 0. The fraction of sp³-hybridized carbons (Fsp3) is 0.500. The topological polar surface area (TPSA) is 104 Å². The van der Waals surface area contributed by atoms with Crippen molar-refractivity contribution < 1.29 is 19.8 Å². The standard InChI is InChI=1S/C12H20N2O4/c1-7(2)11(17)14(12(18)8(3)4)6-10(16)9(15)5-13/h9-10,15-16H,1,3,5-6,13H2,2,4H3. The lowest BCUT2D eigenvalue weighted by molar-refractivity contribution is -0.142. The molecule has 0 radical (unpaired) electrons. The number of hydrogen-bond donors (Lipinski definition) is 3. The van der Waals surface area contributed by atoms with Crippen LogP contribution in [-0.2, 0) is 9.59 Å². The van der Waals surface area contributed by atoms with E-state index >= 15 is 0 Å². The summed E-state index contributed by atoms with van der Waals surface area (Å²) in [5.41, 5.74) is 5.49. The first-order valence-corrected chi connectivity index (χ1v) is 5.45. The minimum absolute atomic E-state index is 0.152. The molecule has 2 amide bonds. The van der Waals surface area contributed by atoms with Gasteiger partial charge < -0.3 is 15.9 Å². The lowest BCUT2D eigenvalue weighted by atomic mass is 10.1. The number of hydrogen-bond acceptors (Lipinski definition) is 5. The van der Waals surface area contributed by atoms with Crippen molar-refractivity contribution in [1.82, 2.24) is 4.90 Å². The third kappa shape index (κ3) is 4.40. The Kier molecular flexibility index (Phi) is 6.46. The molecule has 0 saturated carbocycles. The van der Waals surface area contributed by atoms with Crippen LogP contribution in [0.25, 0.3) is 0 Å². The fourth-order valence-corrected chi connectivity index (χ4v) is 1.18. The quantitative estimate of drug-likeness (QED) is 0.538. The molecule has 0 spiro atoms. The molecule has 6 nitrogen and oxygen atoms in total. The van der Waals surface area contributed by atoms with Gasteiger partial charge in [-0.05, 0) is 13.8 Å². The Labute approximate surface area is 106 Å². The van der Waals surface area contributed by atoms with Crippen LogP contribution in [0.5, 0.6) is 0 Å². The van der Waals surface area contributed by atoms with E-state index < -0.39 is 24.0 Å². The van der Waals surface area contributed by atoms with Crippen molar-refractivity contribution in [2.24, 2.45) is 5.73 Å². The minimum Gasteiger partial charge on any atom is -0.389 e. The molecule has 102 valence electrons. The fourth-order valence-electron chi connectivity index (χ4n) is 1.18. The highest BCUT2D eigenvalue weighted by atomic mass is 16.3. The van der Waals surface area contributed by atoms with Gasteiger partial charge in [0.2, 0.25) is 0 Å². The average molecular weight is 256 g/mol. The zero-order valence-electron chi connectivity index (χ0n) is 10.7. The van der Waals surface area contributed by atoms with E-state index in [0.29, 0.717) is 0 Å². The predicted octanol–water partition coefficient (Wildman–Crippen LogP) is -0.826. The van der Waals surface area contributed by atoms with Crippen molar-refractivity contribution in [1.29, 1.82) is 0 Å². The van der Waals surface area contributed by atoms with Gasteiger partial charge in [-0.1, -0.05) is 13.2 Å². The smallest absolute Gasteiger partial charge is 0.255 e. The lowest BCUT2D eigenvalue weighted by Gasteiger charge is -2.25. The van der Waals surface area contributed by atoms with E-state index in [-0.39, 0.29) is 24.2 Å². The highest BCUT2D eigenvalue weighted by Gasteiger charge is 2.27. The molecule has 0 saturated heterocycles. The number of amides is 2. The van der Waals surface area contributed by atoms with E-state index in [9.17, 15) is 19.8 Å². The van der Waals surface area contributed by atoms with Crippen LogP contribution in [0.15, 0.2) is 24.3 Å². The van der Waals surface area contributed by atoms with Crippen LogP contribution in [0.2, 0.25) is 0 Å². The monoisotopic (exact) mass is 256 g/mol. The van der Waals surface area contributed by atoms with E-state index in [2.05, 4.69) is 13.2 Å². The van der Waals surface area contributed by atoms with Crippen LogP contribution in [0.3, 0.4) is 0 Å². The molecule has 0 aliphatic rings. The van der Waals surface area contributed by atoms with Crippen molar-refractivity contribution in [2.45, 2.75) is 26.1 Å². The Morgan fingerprint density at radius 3 is 1.78 bits per heavy atom. The van der Waals surface area contributed by atoms with Gasteiger partial charge in [-0.2, -0.15) is 0 Å². The maximum atomic E-state index is 11.8. The third-order valence-corrected chi connectivity index (χ3v) is 2.28. The molecule has 4 N–H and O–H groups in total. The maximum Gasteiger partial charge on any atom is 0.255 e. The normalized spacial score (nSPS) is 13.6. The number of carbonyl (C=O) groups excluding carboxylic acids is 2. The van der Waals surface area contributed by atoms with Gasteiger partial charge in [0.15, 0.2) is 0 Å². The summed E-state index contributed by atoms with van der Waals surface area (Å²) in [5.74, 6) is -1.24. The molecule has 6 heteroatoms. The summed E-state index contributed by atoms with van der Waals surface area (Å²) in [6.07, 6.45) is -2.51. The highest BCUT2D eigenvalue weighted by molar-refractivity contribution is 6.08. The van der Waals surface area contributed by atoms with Gasteiger partial charge in [-0.15, -0.1) is 0 Å². The van der Waals surface area contributed by atoms with Crippen molar-refractivity contribution in [3.05, 3.63) is 24.3 Å². The van der Waals surface area contributed by atoms with Gasteiger partial charge in [0.1, 0.15) is 0 Å². The first kappa shape index (κ1) is 16.5. The second kappa shape index (κ2) is 7.05. The molecular weight excluding hydrogens is 236 g/mol. The van der Waals surface area contributed by atoms with Crippen LogP contribution in [0, 0.1) is 0 Å². The molecule has 0 bridgehead atoms. The maximum absolute atomic E-state index is 11.8. The second-order valence-electron chi connectivity index (χ2n) is 4.15. The Morgan fingerprint density at radius 2 is 1.50 bits per heavy atom. The number of aliphatic hydroxyl groups excluding tert-OH is 2. The van der Waals surface area contributed by atoms with Gasteiger partial charge in [-0.25, -0.2) is 0 Å². The molecule has 0 aliphatic heterocycles. The summed E-state index contributed by atoms with van der Waals surface area (Å²) in [5, 5.41) is 19.0. The van der Waals surface area contributed by atoms with Gasteiger partial charge >= 0.3 is 0 Å². The Hall–Kier alpha value is -1.50. The molecule has 0 fully saturated rings. The van der Waals surface area contributed by atoms with Crippen LogP contribution in [0.1, 0.15) is 13.8 Å². The molecule has 18 heavy (non-hydrogen) atoms. The third-order valence-electron chi connectivity index (χ3n) is 2.28. The number of nitrogens with two attached hydrogens (primary N) is 1. The highest BCUT2D eigenvalue weighted by Crippen LogP contribution is 2.07. The van der Waals surface area contributed by atoms with Gasteiger partial charge in [0.25, 0.3) is 11.8 Å². The number of aliphatic hydroxyl groups is 2. The van der Waals surface area contributed by atoms with E-state index in [4.69, 9.17) is 5.73 Å². The van der Waals surface area contributed by atoms with Gasteiger partial charge in [-0.3, -0.25) is 14.5 Å². The lowest BCUT2D eigenvalue weighted by Crippen LogP contribution is -2.47. The molecule has 2 atom stereocenters. The summed E-state index contributed by atoms with van der Waals surface area (Å²) in [7, 11) is 0. The van der Waals surface area contributed by atoms with Crippen molar-refractivity contribution in [2.75, 3.05) is 13.1 Å². The zero-order chi connectivity index (χ0) is 14.5. The molecule has 0 heterocycles. The molecule has 0 aromatic rings. The Balaban J connectivity index is 5.00. The molecule has 0 aromatic carbocycles. The molecule has 2 unspecified atom stereocenters.